The van der Waals surface area contributed by atoms with Gasteiger partial charge in [-0.1, -0.05) is 42.0 Å². The molecule has 0 radical (unpaired) electrons. The van der Waals surface area contributed by atoms with Gasteiger partial charge >= 0.3 is 6.61 Å². The Morgan fingerprint density at radius 3 is 2.57 bits per heavy atom. The zero-order valence-electron chi connectivity index (χ0n) is 11.7. The molecule has 0 aliphatic rings. The summed E-state index contributed by atoms with van der Waals surface area (Å²) < 4.78 is 28.9. The zero-order valence-corrected chi connectivity index (χ0v) is 11.7. The molecule has 3 nitrogen and oxygen atoms in total. The van der Waals surface area contributed by atoms with Crippen LogP contribution in [0.25, 0.3) is 0 Å². The number of nitrogens with two attached hydrogens (primary N) is 1. The molecule has 2 aromatic carbocycles. The van der Waals surface area contributed by atoms with E-state index in [1.54, 1.807) is 12.1 Å². The van der Waals surface area contributed by atoms with Gasteiger partial charge in [0.1, 0.15) is 5.75 Å². The molecule has 0 saturated carbocycles. The van der Waals surface area contributed by atoms with Gasteiger partial charge in [0.05, 0.1) is 6.04 Å². The molecular weight excluding hydrogens is 274 g/mol. The van der Waals surface area contributed by atoms with Crippen molar-refractivity contribution in [2.75, 3.05) is 0 Å². The van der Waals surface area contributed by atoms with Crippen molar-refractivity contribution in [1.29, 1.82) is 0 Å². The third-order valence-electron chi connectivity index (χ3n) is 3.21. The lowest BCUT2D eigenvalue weighted by atomic mass is 9.98. The third-order valence-corrected chi connectivity index (χ3v) is 3.21. The minimum absolute atomic E-state index is 0.131. The quantitative estimate of drug-likeness (QED) is 0.634. The number of nitrogens with one attached hydrogen (secondary N) is 1. The fraction of sp³-hybridized carbons (Fsp3) is 0.250. The topological polar surface area (TPSA) is 47.3 Å². The van der Waals surface area contributed by atoms with E-state index in [1.165, 1.54) is 6.07 Å². The summed E-state index contributed by atoms with van der Waals surface area (Å²) in [5, 5.41) is 0. The number of hydrogen-bond donors (Lipinski definition) is 2. The van der Waals surface area contributed by atoms with E-state index in [0.717, 1.165) is 16.7 Å². The van der Waals surface area contributed by atoms with Crippen molar-refractivity contribution in [1.82, 2.24) is 5.43 Å². The maximum Gasteiger partial charge on any atom is 0.387 e. The molecule has 2 aromatic rings. The van der Waals surface area contributed by atoms with Gasteiger partial charge in [-0.3, -0.25) is 11.3 Å². The van der Waals surface area contributed by atoms with Crippen molar-refractivity contribution < 1.29 is 13.5 Å². The summed E-state index contributed by atoms with van der Waals surface area (Å²) in [5.41, 5.74) is 5.81. The Morgan fingerprint density at radius 2 is 1.90 bits per heavy atom. The van der Waals surface area contributed by atoms with E-state index in [2.05, 4.69) is 16.2 Å². The number of aryl methyl sites for hydroxylation is 1. The molecule has 0 heterocycles. The van der Waals surface area contributed by atoms with E-state index in [-0.39, 0.29) is 11.8 Å². The Morgan fingerprint density at radius 1 is 1.14 bits per heavy atom. The van der Waals surface area contributed by atoms with Gasteiger partial charge in [-0.05, 0) is 36.6 Å². The first-order valence-corrected chi connectivity index (χ1v) is 6.65. The molecule has 0 aliphatic carbocycles. The van der Waals surface area contributed by atoms with E-state index >= 15 is 0 Å². The Bertz CT molecular complexity index is 590. The number of benzene rings is 2. The third kappa shape index (κ3) is 4.51. The molecule has 3 N–H and O–H groups in total. The lowest BCUT2D eigenvalue weighted by Crippen LogP contribution is -2.29. The van der Waals surface area contributed by atoms with Gasteiger partial charge in [-0.25, -0.2) is 0 Å². The first-order valence-electron chi connectivity index (χ1n) is 6.65. The number of halogens is 2. The molecule has 0 bridgehead atoms. The summed E-state index contributed by atoms with van der Waals surface area (Å²) in [7, 11) is 0. The highest BCUT2D eigenvalue weighted by atomic mass is 19.3. The summed E-state index contributed by atoms with van der Waals surface area (Å²) in [6, 6.07) is 14.5. The Kier molecular flexibility index (Phi) is 5.25. The second-order valence-corrected chi connectivity index (χ2v) is 4.86. The smallest absolute Gasteiger partial charge is 0.387 e. The summed E-state index contributed by atoms with van der Waals surface area (Å²) in [4.78, 5) is 0. The van der Waals surface area contributed by atoms with Crippen LogP contribution >= 0.6 is 0 Å². The van der Waals surface area contributed by atoms with Crippen LogP contribution in [0.5, 0.6) is 5.75 Å². The Labute approximate surface area is 122 Å². The first kappa shape index (κ1) is 15.4. The van der Waals surface area contributed by atoms with Crippen molar-refractivity contribution in [3.8, 4) is 5.75 Å². The SMILES string of the molecule is Cc1cccc(CC(NN)c2cccc(OC(F)F)c2)c1. The van der Waals surface area contributed by atoms with Crippen LogP contribution in [0.3, 0.4) is 0 Å². The summed E-state index contributed by atoms with van der Waals surface area (Å²) in [6.07, 6.45) is 0.663. The van der Waals surface area contributed by atoms with Crippen molar-refractivity contribution in [2.45, 2.75) is 26.0 Å². The van der Waals surface area contributed by atoms with Gasteiger partial charge in [-0.15, -0.1) is 0 Å². The summed E-state index contributed by atoms with van der Waals surface area (Å²) in [6.45, 7) is -0.813. The highest BCUT2D eigenvalue weighted by molar-refractivity contribution is 5.32. The fourth-order valence-electron chi connectivity index (χ4n) is 2.26. The predicted molar refractivity (Wildman–Crippen MR) is 78.0 cm³/mol. The Hall–Kier alpha value is -1.98. The molecule has 1 atom stereocenters. The van der Waals surface area contributed by atoms with Gasteiger partial charge in [0.2, 0.25) is 0 Å². The van der Waals surface area contributed by atoms with Gasteiger partial charge in [0, 0.05) is 0 Å². The van der Waals surface area contributed by atoms with E-state index in [0.29, 0.717) is 6.42 Å². The number of hydrazine groups is 1. The van der Waals surface area contributed by atoms with Crippen molar-refractivity contribution in [3.05, 3.63) is 65.2 Å². The zero-order chi connectivity index (χ0) is 15.2. The number of ether oxygens (including phenoxy) is 1. The molecule has 2 rings (SSSR count). The molecule has 0 saturated heterocycles. The molecule has 0 aromatic heterocycles. The monoisotopic (exact) mass is 292 g/mol. The van der Waals surface area contributed by atoms with E-state index in [9.17, 15) is 8.78 Å². The van der Waals surface area contributed by atoms with Crippen LogP contribution in [0.4, 0.5) is 8.78 Å². The van der Waals surface area contributed by atoms with Crippen molar-refractivity contribution >= 4 is 0 Å². The largest absolute Gasteiger partial charge is 0.435 e. The highest BCUT2D eigenvalue weighted by Crippen LogP contribution is 2.23. The second-order valence-electron chi connectivity index (χ2n) is 4.86. The second kappa shape index (κ2) is 7.15. The maximum atomic E-state index is 12.3. The average molecular weight is 292 g/mol. The lowest BCUT2D eigenvalue weighted by Gasteiger charge is -2.17. The minimum atomic E-state index is -2.83. The fourth-order valence-corrected chi connectivity index (χ4v) is 2.26. The Balaban J connectivity index is 2.17. The van der Waals surface area contributed by atoms with Crippen LogP contribution in [-0.4, -0.2) is 6.61 Å². The normalized spacial score (nSPS) is 12.4. The van der Waals surface area contributed by atoms with Crippen LogP contribution in [0, 0.1) is 6.92 Å². The summed E-state index contributed by atoms with van der Waals surface area (Å²) >= 11 is 0. The molecule has 0 aliphatic heterocycles. The number of hydrogen-bond acceptors (Lipinski definition) is 3. The summed E-state index contributed by atoms with van der Waals surface area (Å²) in [5.74, 6) is 5.73. The minimum Gasteiger partial charge on any atom is -0.435 e. The van der Waals surface area contributed by atoms with Gasteiger partial charge in [0.15, 0.2) is 0 Å². The van der Waals surface area contributed by atoms with Crippen LogP contribution < -0.4 is 16.0 Å². The molecule has 21 heavy (non-hydrogen) atoms. The number of rotatable bonds is 6. The van der Waals surface area contributed by atoms with Gasteiger partial charge in [0.25, 0.3) is 0 Å². The molecular formula is C16H18F2N2O. The highest BCUT2D eigenvalue weighted by Gasteiger charge is 2.13. The molecule has 0 amide bonds. The molecule has 112 valence electrons. The molecule has 0 fully saturated rings. The maximum absolute atomic E-state index is 12.3. The molecule has 0 spiro atoms. The average Bonchev–Trinajstić information content (AvgIpc) is 2.44. The van der Waals surface area contributed by atoms with Gasteiger partial charge in [-0.2, -0.15) is 8.78 Å². The van der Waals surface area contributed by atoms with Crippen molar-refractivity contribution in [2.24, 2.45) is 5.84 Å². The van der Waals surface area contributed by atoms with E-state index < -0.39 is 6.61 Å². The predicted octanol–water partition coefficient (Wildman–Crippen LogP) is 3.34. The van der Waals surface area contributed by atoms with E-state index in [1.807, 2.05) is 31.2 Å². The van der Waals surface area contributed by atoms with Crippen LogP contribution in [0.1, 0.15) is 22.7 Å². The van der Waals surface area contributed by atoms with Crippen LogP contribution in [0.2, 0.25) is 0 Å². The van der Waals surface area contributed by atoms with E-state index in [4.69, 9.17) is 5.84 Å². The van der Waals surface area contributed by atoms with Gasteiger partial charge < -0.3 is 4.74 Å². The lowest BCUT2D eigenvalue weighted by molar-refractivity contribution is -0.0499. The van der Waals surface area contributed by atoms with Crippen LogP contribution in [-0.2, 0) is 6.42 Å². The molecule has 5 heteroatoms. The standard InChI is InChI=1S/C16H18F2N2O/c1-11-4-2-5-12(8-11)9-15(20-19)13-6-3-7-14(10-13)21-16(17)18/h2-8,10,15-16,20H,9,19H2,1H3. The van der Waals surface area contributed by atoms with Crippen molar-refractivity contribution in [3.63, 3.8) is 0 Å². The molecule has 1 unspecified atom stereocenters. The first-order chi connectivity index (χ1) is 10.1. The van der Waals surface area contributed by atoms with Crippen LogP contribution in [0.15, 0.2) is 48.5 Å². The number of alkyl halides is 2.